The Morgan fingerprint density at radius 3 is 2.45 bits per heavy atom. The van der Waals surface area contributed by atoms with Crippen LogP contribution in [0.4, 0.5) is 10.1 Å². The number of amides is 3. The first kappa shape index (κ1) is 21.5. The van der Waals surface area contributed by atoms with Gasteiger partial charge >= 0.3 is 0 Å². The Balaban J connectivity index is 1.27. The molecule has 1 saturated carbocycles. The van der Waals surface area contributed by atoms with Crippen molar-refractivity contribution >= 4 is 45.6 Å². The van der Waals surface area contributed by atoms with Gasteiger partial charge in [-0.15, -0.1) is 0 Å². The van der Waals surface area contributed by atoms with Gasteiger partial charge in [0, 0.05) is 15.7 Å². The van der Waals surface area contributed by atoms with Crippen LogP contribution < -0.4 is 10.1 Å². The van der Waals surface area contributed by atoms with Gasteiger partial charge in [0.05, 0.1) is 18.1 Å². The number of carbonyl (C=O) groups excluding carboxylic acids is 3. The van der Waals surface area contributed by atoms with Gasteiger partial charge in [0.25, 0.3) is 17.7 Å². The van der Waals surface area contributed by atoms with Crippen LogP contribution in [-0.2, 0) is 14.4 Å². The van der Waals surface area contributed by atoms with E-state index in [-0.39, 0.29) is 42.1 Å². The van der Waals surface area contributed by atoms with Crippen LogP contribution in [0, 0.1) is 29.5 Å². The van der Waals surface area contributed by atoms with Crippen molar-refractivity contribution in [2.45, 2.75) is 6.42 Å². The Morgan fingerprint density at radius 2 is 1.79 bits per heavy atom. The van der Waals surface area contributed by atoms with Crippen molar-refractivity contribution in [3.8, 4) is 5.75 Å². The molecular formula is C24H19BrFN3O4. The first-order valence-corrected chi connectivity index (χ1v) is 11.3. The Labute approximate surface area is 197 Å². The molecular weight excluding hydrogens is 493 g/mol. The van der Waals surface area contributed by atoms with Gasteiger partial charge in [0.15, 0.2) is 6.61 Å². The second-order valence-electron chi connectivity index (χ2n) is 8.26. The van der Waals surface area contributed by atoms with Crippen molar-refractivity contribution in [1.82, 2.24) is 5.01 Å². The lowest BCUT2D eigenvalue weighted by molar-refractivity contribution is -0.140. The molecule has 1 saturated heterocycles. The van der Waals surface area contributed by atoms with E-state index in [0.717, 1.165) is 15.9 Å². The number of hydrazone groups is 1. The van der Waals surface area contributed by atoms with Gasteiger partial charge in [0.1, 0.15) is 11.6 Å². The molecule has 7 nitrogen and oxygen atoms in total. The molecule has 4 atom stereocenters. The Hall–Kier alpha value is -3.33. The van der Waals surface area contributed by atoms with E-state index in [2.05, 4.69) is 26.3 Å². The zero-order valence-corrected chi connectivity index (χ0v) is 18.9. The van der Waals surface area contributed by atoms with Gasteiger partial charge in [-0.25, -0.2) is 4.39 Å². The molecule has 3 amide bonds. The number of rotatable bonds is 6. The van der Waals surface area contributed by atoms with Gasteiger partial charge in [-0.3, -0.25) is 14.4 Å². The number of halogens is 2. The van der Waals surface area contributed by atoms with Crippen molar-refractivity contribution in [1.29, 1.82) is 0 Å². The fourth-order valence-corrected chi connectivity index (χ4v) is 5.12. The number of nitrogens with one attached hydrogen (secondary N) is 1. The zero-order valence-electron chi connectivity index (χ0n) is 17.3. The number of allylic oxidation sites excluding steroid dienone is 2. The second kappa shape index (κ2) is 8.55. The third-order valence-corrected chi connectivity index (χ3v) is 6.71. The Kier molecular flexibility index (Phi) is 5.57. The molecule has 0 spiro atoms. The van der Waals surface area contributed by atoms with Gasteiger partial charge < -0.3 is 10.1 Å². The predicted octanol–water partition coefficient (Wildman–Crippen LogP) is 3.75. The molecule has 0 aromatic heterocycles. The largest absolute Gasteiger partial charge is 0.483 e. The Bertz CT molecular complexity index is 1170. The topological polar surface area (TPSA) is 88.1 Å². The maximum Gasteiger partial charge on any atom is 0.262 e. The number of hydrogen-bond donors (Lipinski definition) is 1. The lowest BCUT2D eigenvalue weighted by Gasteiger charge is -2.13. The molecule has 2 aromatic rings. The number of ether oxygens (including phenoxy) is 1. The minimum Gasteiger partial charge on any atom is -0.483 e. The summed E-state index contributed by atoms with van der Waals surface area (Å²) in [4.78, 5) is 37.8. The average Bonchev–Trinajstić information content (AvgIpc) is 3.47. The quantitative estimate of drug-likeness (QED) is 0.363. The fourth-order valence-electron chi connectivity index (χ4n) is 4.75. The first-order valence-electron chi connectivity index (χ1n) is 10.5. The van der Waals surface area contributed by atoms with E-state index >= 15 is 0 Å². The van der Waals surface area contributed by atoms with Gasteiger partial charge in [-0.1, -0.05) is 28.1 Å². The predicted molar refractivity (Wildman–Crippen MR) is 122 cm³/mol. The molecule has 3 aliphatic rings. The highest BCUT2D eigenvalue weighted by Crippen LogP contribution is 2.52. The molecule has 0 radical (unpaired) electrons. The molecule has 168 valence electrons. The van der Waals surface area contributed by atoms with Crippen molar-refractivity contribution in [2.75, 3.05) is 11.9 Å². The molecule has 2 aliphatic carbocycles. The molecule has 2 bridgehead atoms. The van der Waals surface area contributed by atoms with Crippen LogP contribution in [0.3, 0.4) is 0 Å². The summed E-state index contributed by atoms with van der Waals surface area (Å²) in [6.45, 7) is -0.291. The number of imide groups is 1. The van der Waals surface area contributed by atoms with Crippen LogP contribution in [0.2, 0.25) is 0 Å². The molecule has 1 aliphatic heterocycles. The van der Waals surface area contributed by atoms with Crippen LogP contribution in [0.15, 0.2) is 64.2 Å². The highest BCUT2D eigenvalue weighted by atomic mass is 79.9. The van der Waals surface area contributed by atoms with Gasteiger partial charge in [-0.05, 0) is 60.7 Å². The third-order valence-electron chi connectivity index (χ3n) is 6.22. The van der Waals surface area contributed by atoms with E-state index in [4.69, 9.17) is 4.74 Å². The Morgan fingerprint density at radius 1 is 1.12 bits per heavy atom. The normalized spacial score (nSPS) is 25.2. The van der Waals surface area contributed by atoms with Crippen LogP contribution in [0.25, 0.3) is 0 Å². The van der Waals surface area contributed by atoms with Crippen LogP contribution in [0.1, 0.15) is 12.0 Å². The lowest BCUT2D eigenvalue weighted by Crippen LogP contribution is -2.28. The monoisotopic (exact) mass is 511 g/mol. The summed E-state index contributed by atoms with van der Waals surface area (Å²) in [7, 11) is 0. The molecule has 5 rings (SSSR count). The van der Waals surface area contributed by atoms with E-state index in [0.29, 0.717) is 17.0 Å². The highest BCUT2D eigenvalue weighted by molar-refractivity contribution is 9.10. The summed E-state index contributed by atoms with van der Waals surface area (Å²) >= 11 is 3.38. The van der Waals surface area contributed by atoms with E-state index in [1.54, 1.807) is 18.2 Å². The molecule has 2 fully saturated rings. The van der Waals surface area contributed by atoms with Crippen molar-refractivity contribution < 1.29 is 23.5 Å². The van der Waals surface area contributed by atoms with Gasteiger partial charge in [-0.2, -0.15) is 10.1 Å². The van der Waals surface area contributed by atoms with Crippen LogP contribution in [0.5, 0.6) is 5.75 Å². The summed E-state index contributed by atoms with van der Waals surface area (Å²) in [6.07, 6.45) is 6.31. The molecule has 33 heavy (non-hydrogen) atoms. The summed E-state index contributed by atoms with van der Waals surface area (Å²) < 4.78 is 19.4. The first-order chi connectivity index (χ1) is 15.9. The fraction of sp³-hybridized carbons (Fsp3) is 0.250. The lowest BCUT2D eigenvalue weighted by atomic mass is 9.85. The summed E-state index contributed by atoms with van der Waals surface area (Å²) in [5.41, 5.74) is 0.945. The highest BCUT2D eigenvalue weighted by Gasteiger charge is 2.59. The number of anilines is 1. The summed E-state index contributed by atoms with van der Waals surface area (Å²) in [5.74, 6) is -1.42. The van der Waals surface area contributed by atoms with Gasteiger partial charge in [0.2, 0.25) is 0 Å². The molecule has 0 unspecified atom stereocenters. The molecule has 1 N–H and O–H groups in total. The van der Waals surface area contributed by atoms with E-state index < -0.39 is 11.7 Å². The maximum atomic E-state index is 13.0. The number of carbonyl (C=O) groups is 3. The minimum atomic E-state index is -0.423. The molecule has 1 heterocycles. The third kappa shape index (κ3) is 4.08. The number of nitrogens with zero attached hydrogens (tertiary/aromatic N) is 2. The number of hydrogen-bond acceptors (Lipinski definition) is 5. The van der Waals surface area contributed by atoms with Crippen molar-refractivity contribution in [3.05, 3.63) is 70.5 Å². The maximum absolute atomic E-state index is 13.0. The van der Waals surface area contributed by atoms with Crippen molar-refractivity contribution in [2.24, 2.45) is 28.8 Å². The second-order valence-corrected chi connectivity index (χ2v) is 9.17. The van der Waals surface area contributed by atoms with Crippen molar-refractivity contribution in [3.63, 3.8) is 0 Å². The molecule has 9 heteroatoms. The van der Waals surface area contributed by atoms with Crippen LogP contribution >= 0.6 is 15.9 Å². The smallest absolute Gasteiger partial charge is 0.262 e. The van der Waals surface area contributed by atoms with E-state index in [1.807, 2.05) is 12.2 Å². The minimum absolute atomic E-state index is 0.112. The average molecular weight is 512 g/mol. The molecule has 2 aromatic carbocycles. The van der Waals surface area contributed by atoms with E-state index in [9.17, 15) is 18.8 Å². The zero-order chi connectivity index (χ0) is 23.1. The number of fused-ring (bicyclic) bond motifs is 5. The summed E-state index contributed by atoms with van der Waals surface area (Å²) in [5, 5.41) is 7.77. The van der Waals surface area contributed by atoms with E-state index in [1.165, 1.54) is 30.5 Å². The van der Waals surface area contributed by atoms with Crippen LogP contribution in [-0.4, -0.2) is 35.6 Å². The number of benzene rings is 2. The SMILES string of the molecule is O=C(COc1ccc(Br)cc1C=NN1C(=O)[C@@H]2[C@H](C1=O)[C@H]1C=C[C@H]2C1)Nc1ccc(F)cc1. The standard InChI is InChI=1S/C24H19BrFN3O4/c25-16-3-8-19(33-12-20(30)28-18-6-4-17(26)5-7-18)15(10-16)11-27-29-23(31)21-13-1-2-14(9-13)22(21)24(29)32/h1-8,10-11,13-14,21-22H,9,12H2,(H,28,30)/t13-,14-,21-,22+/m0/s1. The summed E-state index contributed by atoms with van der Waals surface area (Å²) in [6, 6.07) is 10.5.